The summed E-state index contributed by atoms with van der Waals surface area (Å²) in [5.74, 6) is 0.119. The second-order valence-corrected chi connectivity index (χ2v) is 3.96. The first-order chi connectivity index (χ1) is 9.07. The van der Waals surface area contributed by atoms with Crippen LogP contribution < -0.4 is 22.3 Å². The fourth-order valence-corrected chi connectivity index (χ4v) is 1.44. The number of rotatable bonds is 8. The molecule has 0 aromatic carbocycles. The van der Waals surface area contributed by atoms with Crippen molar-refractivity contribution in [3.63, 3.8) is 0 Å². The molecule has 0 spiro atoms. The Hall–Kier alpha value is -1.80. The standard InChI is InChI=1S/C11H20N4O4/c1-15-9(12)8(10(16)14-11(15)17)13-4-3-5-19-7-6-18-2/h13H,3-7,12H2,1-2H3,(H,14,16,17). The smallest absolute Gasteiger partial charge is 0.329 e. The minimum Gasteiger partial charge on any atom is -0.383 e. The zero-order chi connectivity index (χ0) is 14.3. The van der Waals surface area contributed by atoms with Crippen LogP contribution in [0.1, 0.15) is 6.42 Å². The molecule has 0 atom stereocenters. The molecule has 19 heavy (non-hydrogen) atoms. The van der Waals surface area contributed by atoms with E-state index in [0.717, 1.165) is 0 Å². The molecule has 0 aliphatic rings. The van der Waals surface area contributed by atoms with E-state index < -0.39 is 11.2 Å². The van der Waals surface area contributed by atoms with Crippen molar-refractivity contribution in [3.8, 4) is 0 Å². The third-order valence-corrected chi connectivity index (χ3v) is 2.57. The van der Waals surface area contributed by atoms with Crippen molar-refractivity contribution < 1.29 is 9.47 Å². The average Bonchev–Trinajstić information content (AvgIpc) is 2.38. The van der Waals surface area contributed by atoms with Gasteiger partial charge in [0.15, 0.2) is 0 Å². The Balaban J connectivity index is 2.44. The highest BCUT2D eigenvalue weighted by Crippen LogP contribution is 2.07. The monoisotopic (exact) mass is 272 g/mol. The lowest BCUT2D eigenvalue weighted by Gasteiger charge is -2.10. The molecule has 0 aliphatic carbocycles. The van der Waals surface area contributed by atoms with Gasteiger partial charge in [-0.05, 0) is 6.42 Å². The second kappa shape index (κ2) is 7.59. The number of nitrogens with zero attached hydrogens (tertiary/aromatic N) is 1. The molecule has 1 aromatic heterocycles. The van der Waals surface area contributed by atoms with E-state index in [0.29, 0.717) is 32.8 Å². The molecule has 0 saturated heterocycles. The molecule has 0 bridgehead atoms. The van der Waals surface area contributed by atoms with Crippen LogP contribution in [0.15, 0.2) is 9.59 Å². The number of nitrogen functional groups attached to an aromatic ring is 1. The molecule has 8 nitrogen and oxygen atoms in total. The zero-order valence-corrected chi connectivity index (χ0v) is 11.2. The Morgan fingerprint density at radius 2 is 2.05 bits per heavy atom. The van der Waals surface area contributed by atoms with E-state index in [4.69, 9.17) is 15.2 Å². The van der Waals surface area contributed by atoms with Gasteiger partial charge < -0.3 is 20.5 Å². The number of nitrogens with two attached hydrogens (primary N) is 1. The van der Waals surface area contributed by atoms with E-state index in [1.807, 2.05) is 0 Å². The van der Waals surface area contributed by atoms with Crippen LogP contribution in [0, 0.1) is 0 Å². The van der Waals surface area contributed by atoms with Crippen LogP contribution in [0.2, 0.25) is 0 Å². The molecule has 4 N–H and O–H groups in total. The zero-order valence-electron chi connectivity index (χ0n) is 11.2. The van der Waals surface area contributed by atoms with Gasteiger partial charge in [0.05, 0.1) is 13.2 Å². The van der Waals surface area contributed by atoms with Crippen molar-refractivity contribution in [1.29, 1.82) is 0 Å². The van der Waals surface area contributed by atoms with Crippen LogP contribution >= 0.6 is 0 Å². The van der Waals surface area contributed by atoms with Gasteiger partial charge in [0.25, 0.3) is 5.56 Å². The third kappa shape index (κ3) is 4.42. The van der Waals surface area contributed by atoms with Crippen LogP contribution in [-0.4, -0.2) is 43.0 Å². The molecule has 0 amide bonds. The number of nitrogens with one attached hydrogen (secondary N) is 2. The van der Waals surface area contributed by atoms with E-state index in [1.165, 1.54) is 11.6 Å². The molecular formula is C11H20N4O4. The van der Waals surface area contributed by atoms with E-state index in [-0.39, 0.29) is 11.5 Å². The van der Waals surface area contributed by atoms with Gasteiger partial charge in [0.1, 0.15) is 11.5 Å². The predicted molar refractivity (Wildman–Crippen MR) is 72.5 cm³/mol. The average molecular weight is 272 g/mol. The van der Waals surface area contributed by atoms with Gasteiger partial charge in [0, 0.05) is 27.3 Å². The van der Waals surface area contributed by atoms with Crippen LogP contribution in [0.25, 0.3) is 0 Å². The number of H-pyrrole nitrogens is 1. The highest BCUT2D eigenvalue weighted by molar-refractivity contribution is 5.60. The molecule has 108 valence electrons. The summed E-state index contributed by atoms with van der Waals surface area (Å²) in [6, 6.07) is 0. The molecule has 1 rings (SSSR count). The summed E-state index contributed by atoms with van der Waals surface area (Å²) in [6.45, 7) is 2.18. The Morgan fingerprint density at radius 3 is 2.74 bits per heavy atom. The van der Waals surface area contributed by atoms with Crippen molar-refractivity contribution in [2.45, 2.75) is 6.42 Å². The van der Waals surface area contributed by atoms with E-state index in [9.17, 15) is 9.59 Å². The molecule has 8 heteroatoms. The van der Waals surface area contributed by atoms with E-state index in [2.05, 4.69) is 10.3 Å². The molecular weight excluding hydrogens is 252 g/mol. The van der Waals surface area contributed by atoms with Gasteiger partial charge in [0.2, 0.25) is 0 Å². The molecule has 1 aromatic rings. The van der Waals surface area contributed by atoms with Crippen molar-refractivity contribution in [2.24, 2.45) is 7.05 Å². The summed E-state index contributed by atoms with van der Waals surface area (Å²) in [5.41, 5.74) is 4.86. The molecule has 0 radical (unpaired) electrons. The fourth-order valence-electron chi connectivity index (χ4n) is 1.44. The highest BCUT2D eigenvalue weighted by atomic mass is 16.5. The quantitative estimate of drug-likeness (QED) is 0.530. The number of aromatic nitrogens is 2. The number of hydrogen-bond acceptors (Lipinski definition) is 6. The minimum absolute atomic E-state index is 0.119. The Morgan fingerprint density at radius 1 is 1.32 bits per heavy atom. The van der Waals surface area contributed by atoms with Crippen LogP contribution in [-0.2, 0) is 16.5 Å². The molecule has 0 aliphatic heterocycles. The number of hydrogen-bond donors (Lipinski definition) is 3. The van der Waals surface area contributed by atoms with Crippen molar-refractivity contribution in [2.75, 3.05) is 44.5 Å². The topological polar surface area (TPSA) is 111 Å². The maximum Gasteiger partial charge on any atom is 0.329 e. The van der Waals surface area contributed by atoms with Gasteiger partial charge in [-0.1, -0.05) is 0 Å². The summed E-state index contributed by atoms with van der Waals surface area (Å²) < 4.78 is 11.3. The number of aromatic amines is 1. The third-order valence-electron chi connectivity index (χ3n) is 2.57. The minimum atomic E-state index is -0.532. The normalized spacial score (nSPS) is 10.6. The SMILES string of the molecule is COCCOCCCNc1c(N)n(C)c(=O)[nH]c1=O. The van der Waals surface area contributed by atoms with Crippen LogP contribution in [0.3, 0.4) is 0 Å². The molecule has 1 heterocycles. The second-order valence-electron chi connectivity index (χ2n) is 3.96. The highest BCUT2D eigenvalue weighted by Gasteiger charge is 2.08. The van der Waals surface area contributed by atoms with Crippen molar-refractivity contribution in [1.82, 2.24) is 9.55 Å². The van der Waals surface area contributed by atoms with Gasteiger partial charge in [-0.2, -0.15) is 0 Å². The predicted octanol–water partition coefficient (Wildman–Crippen LogP) is -0.879. The van der Waals surface area contributed by atoms with Gasteiger partial charge >= 0.3 is 5.69 Å². The molecule has 0 fully saturated rings. The Labute approximate surface area is 110 Å². The summed E-state index contributed by atoms with van der Waals surface area (Å²) in [4.78, 5) is 25.0. The summed E-state index contributed by atoms with van der Waals surface area (Å²) in [5, 5.41) is 2.90. The summed E-state index contributed by atoms with van der Waals surface area (Å²) in [7, 11) is 3.10. The number of ether oxygens (including phenoxy) is 2. The first-order valence-corrected chi connectivity index (χ1v) is 5.97. The number of anilines is 2. The lowest BCUT2D eigenvalue weighted by Crippen LogP contribution is -2.32. The summed E-state index contributed by atoms with van der Waals surface area (Å²) >= 11 is 0. The van der Waals surface area contributed by atoms with Gasteiger partial charge in [-0.25, -0.2) is 4.79 Å². The maximum absolute atomic E-state index is 11.6. The molecule has 0 unspecified atom stereocenters. The van der Waals surface area contributed by atoms with Crippen molar-refractivity contribution >= 4 is 11.5 Å². The van der Waals surface area contributed by atoms with Crippen molar-refractivity contribution in [3.05, 3.63) is 20.8 Å². The number of methoxy groups -OCH3 is 1. The van der Waals surface area contributed by atoms with Gasteiger partial charge in [-0.15, -0.1) is 0 Å². The summed E-state index contributed by atoms with van der Waals surface area (Å²) in [6.07, 6.45) is 0.714. The lowest BCUT2D eigenvalue weighted by atomic mass is 10.4. The van der Waals surface area contributed by atoms with E-state index >= 15 is 0 Å². The fraction of sp³-hybridized carbons (Fsp3) is 0.636. The lowest BCUT2D eigenvalue weighted by molar-refractivity contribution is 0.0705. The maximum atomic E-state index is 11.6. The van der Waals surface area contributed by atoms with E-state index in [1.54, 1.807) is 7.11 Å². The Bertz CT molecular complexity index is 508. The first-order valence-electron chi connectivity index (χ1n) is 5.97. The van der Waals surface area contributed by atoms with Gasteiger partial charge in [-0.3, -0.25) is 14.3 Å². The first kappa shape index (κ1) is 15.3. The van der Waals surface area contributed by atoms with Crippen LogP contribution in [0.5, 0.6) is 0 Å². The molecule has 0 saturated carbocycles. The van der Waals surface area contributed by atoms with Crippen LogP contribution in [0.4, 0.5) is 11.5 Å². The Kier molecular flexibility index (Phi) is 6.10. The largest absolute Gasteiger partial charge is 0.383 e.